The van der Waals surface area contributed by atoms with Gasteiger partial charge in [0.1, 0.15) is 5.01 Å². The molecule has 0 fully saturated rings. The highest BCUT2D eigenvalue weighted by molar-refractivity contribution is 8.00. The molecule has 1 aromatic heterocycles. The van der Waals surface area contributed by atoms with Crippen molar-refractivity contribution in [2.45, 2.75) is 23.2 Å². The molecular formula is C11H9F3N2S2. The number of aryl methyl sites for hydroxylation is 1. The monoisotopic (exact) mass is 290 g/mol. The van der Waals surface area contributed by atoms with E-state index in [0.29, 0.717) is 11.3 Å². The van der Waals surface area contributed by atoms with Crippen molar-refractivity contribution in [3.05, 3.63) is 40.4 Å². The van der Waals surface area contributed by atoms with E-state index in [1.54, 1.807) is 6.07 Å². The lowest BCUT2D eigenvalue weighted by Gasteiger charge is -2.07. The van der Waals surface area contributed by atoms with Gasteiger partial charge in [-0.15, -0.1) is 10.2 Å². The van der Waals surface area contributed by atoms with Gasteiger partial charge >= 0.3 is 6.18 Å². The van der Waals surface area contributed by atoms with Crippen molar-refractivity contribution in [3.63, 3.8) is 0 Å². The number of thioether (sulfide) groups is 1. The molecule has 0 atom stereocenters. The zero-order valence-corrected chi connectivity index (χ0v) is 11.0. The number of alkyl halides is 3. The van der Waals surface area contributed by atoms with Crippen LogP contribution < -0.4 is 0 Å². The van der Waals surface area contributed by atoms with Gasteiger partial charge in [0.15, 0.2) is 4.34 Å². The lowest BCUT2D eigenvalue weighted by atomic mass is 10.1. The van der Waals surface area contributed by atoms with E-state index in [1.165, 1.54) is 35.2 Å². The summed E-state index contributed by atoms with van der Waals surface area (Å²) in [5.41, 5.74) is 0.0109. The standard InChI is InChI=1S/C11H9F3N2S2/c1-7-15-16-10(18-7)17-6-8-3-2-4-9(5-8)11(12,13)14/h2-5H,6H2,1H3. The number of rotatable bonds is 3. The third kappa shape index (κ3) is 3.46. The number of benzene rings is 1. The van der Waals surface area contributed by atoms with Crippen LogP contribution in [0.1, 0.15) is 16.1 Å². The number of aromatic nitrogens is 2. The van der Waals surface area contributed by atoms with Crippen molar-refractivity contribution in [3.8, 4) is 0 Å². The fourth-order valence-electron chi connectivity index (χ4n) is 1.32. The van der Waals surface area contributed by atoms with Crippen LogP contribution in [0.2, 0.25) is 0 Å². The Morgan fingerprint density at radius 1 is 1.28 bits per heavy atom. The molecule has 0 saturated heterocycles. The average Bonchev–Trinajstić information content (AvgIpc) is 2.72. The highest BCUT2D eigenvalue weighted by Gasteiger charge is 2.30. The summed E-state index contributed by atoms with van der Waals surface area (Å²) in [6, 6.07) is 5.34. The second-order valence-corrected chi connectivity index (χ2v) is 5.98. The molecule has 1 aromatic carbocycles. The Hall–Kier alpha value is -1.08. The molecule has 0 aliphatic rings. The molecule has 2 nitrogen and oxygen atoms in total. The maximum absolute atomic E-state index is 12.5. The predicted molar refractivity (Wildman–Crippen MR) is 65.7 cm³/mol. The Morgan fingerprint density at radius 3 is 2.67 bits per heavy atom. The van der Waals surface area contributed by atoms with E-state index >= 15 is 0 Å². The van der Waals surface area contributed by atoms with Crippen LogP contribution in [0.5, 0.6) is 0 Å². The predicted octanol–water partition coefficient (Wildman–Crippen LogP) is 4.16. The Balaban J connectivity index is 2.06. The molecule has 2 aromatic rings. The summed E-state index contributed by atoms with van der Waals surface area (Å²) < 4.78 is 38.3. The SMILES string of the molecule is Cc1nnc(SCc2cccc(C(F)(F)F)c2)s1. The molecule has 18 heavy (non-hydrogen) atoms. The summed E-state index contributed by atoms with van der Waals surface area (Å²) in [6.07, 6.45) is -4.29. The van der Waals surface area contributed by atoms with Crippen LogP contribution >= 0.6 is 23.1 Å². The van der Waals surface area contributed by atoms with E-state index < -0.39 is 11.7 Å². The second-order valence-electron chi connectivity index (χ2n) is 3.57. The maximum atomic E-state index is 12.5. The molecule has 0 bridgehead atoms. The van der Waals surface area contributed by atoms with Gasteiger partial charge in [-0.25, -0.2) is 0 Å². The minimum atomic E-state index is -4.29. The Morgan fingerprint density at radius 2 is 2.06 bits per heavy atom. The van der Waals surface area contributed by atoms with Gasteiger partial charge in [-0.05, 0) is 18.6 Å². The molecule has 1 heterocycles. The van der Waals surface area contributed by atoms with Crippen LogP contribution in [0.4, 0.5) is 13.2 Å². The highest BCUT2D eigenvalue weighted by atomic mass is 32.2. The first-order valence-corrected chi connectivity index (χ1v) is 6.84. The minimum absolute atomic E-state index is 0.457. The van der Waals surface area contributed by atoms with E-state index in [1.807, 2.05) is 6.92 Å². The van der Waals surface area contributed by atoms with Gasteiger partial charge in [0, 0.05) is 5.75 Å². The fourth-order valence-corrected chi connectivity index (χ4v) is 3.08. The van der Waals surface area contributed by atoms with Crippen molar-refractivity contribution in [1.82, 2.24) is 10.2 Å². The van der Waals surface area contributed by atoms with Crippen molar-refractivity contribution < 1.29 is 13.2 Å². The average molecular weight is 290 g/mol. The molecule has 0 N–H and O–H groups in total. The van der Waals surface area contributed by atoms with Crippen molar-refractivity contribution >= 4 is 23.1 Å². The third-order valence-corrected chi connectivity index (χ3v) is 4.17. The zero-order valence-electron chi connectivity index (χ0n) is 9.36. The van der Waals surface area contributed by atoms with Crippen molar-refractivity contribution in [2.24, 2.45) is 0 Å². The molecule has 2 rings (SSSR count). The van der Waals surface area contributed by atoms with Crippen molar-refractivity contribution in [2.75, 3.05) is 0 Å². The summed E-state index contributed by atoms with van der Waals surface area (Å²) >= 11 is 2.83. The Labute approximate surface area is 110 Å². The lowest BCUT2D eigenvalue weighted by molar-refractivity contribution is -0.137. The first-order chi connectivity index (χ1) is 8.45. The lowest BCUT2D eigenvalue weighted by Crippen LogP contribution is -2.04. The molecule has 0 saturated carbocycles. The largest absolute Gasteiger partial charge is 0.416 e. The summed E-state index contributed by atoms with van der Waals surface area (Å²) in [6.45, 7) is 1.84. The van der Waals surface area contributed by atoms with Gasteiger partial charge in [-0.3, -0.25) is 0 Å². The first kappa shape index (κ1) is 13.4. The fraction of sp³-hybridized carbons (Fsp3) is 0.273. The smallest absolute Gasteiger partial charge is 0.166 e. The topological polar surface area (TPSA) is 25.8 Å². The van der Waals surface area contributed by atoms with Crippen LogP contribution in [0, 0.1) is 6.92 Å². The zero-order chi connectivity index (χ0) is 13.2. The van der Waals surface area contributed by atoms with Gasteiger partial charge in [0.2, 0.25) is 0 Å². The first-order valence-electron chi connectivity index (χ1n) is 5.04. The highest BCUT2D eigenvalue weighted by Crippen LogP contribution is 2.31. The van der Waals surface area contributed by atoms with Crippen LogP contribution in [-0.2, 0) is 11.9 Å². The molecule has 96 valence electrons. The van der Waals surface area contributed by atoms with Crippen LogP contribution in [-0.4, -0.2) is 10.2 Å². The molecule has 0 amide bonds. The van der Waals surface area contributed by atoms with Gasteiger partial charge < -0.3 is 0 Å². The summed E-state index contributed by atoms with van der Waals surface area (Å²) in [7, 11) is 0. The molecule has 7 heteroatoms. The van der Waals surface area contributed by atoms with Gasteiger partial charge in [0.25, 0.3) is 0 Å². The summed E-state index contributed by atoms with van der Waals surface area (Å²) in [5, 5.41) is 8.61. The van der Waals surface area contributed by atoms with E-state index in [-0.39, 0.29) is 0 Å². The summed E-state index contributed by atoms with van der Waals surface area (Å²) in [4.78, 5) is 0. The van der Waals surface area contributed by atoms with Crippen LogP contribution in [0.3, 0.4) is 0 Å². The Kier molecular flexibility index (Phi) is 3.91. The summed E-state index contributed by atoms with van der Waals surface area (Å²) in [5.74, 6) is 0.457. The number of hydrogen-bond acceptors (Lipinski definition) is 4. The van der Waals surface area contributed by atoms with Crippen LogP contribution in [0.25, 0.3) is 0 Å². The van der Waals surface area contributed by atoms with Crippen LogP contribution in [0.15, 0.2) is 28.6 Å². The maximum Gasteiger partial charge on any atom is 0.416 e. The molecule has 0 aliphatic carbocycles. The van der Waals surface area contributed by atoms with E-state index in [4.69, 9.17) is 0 Å². The molecular weight excluding hydrogens is 281 g/mol. The third-order valence-electron chi connectivity index (χ3n) is 2.12. The molecule has 0 radical (unpaired) electrons. The number of halogens is 3. The minimum Gasteiger partial charge on any atom is -0.166 e. The van der Waals surface area contributed by atoms with Gasteiger partial charge in [0.05, 0.1) is 5.56 Å². The molecule has 0 spiro atoms. The van der Waals surface area contributed by atoms with E-state index in [9.17, 15) is 13.2 Å². The van der Waals surface area contributed by atoms with E-state index in [0.717, 1.165) is 15.4 Å². The van der Waals surface area contributed by atoms with Gasteiger partial charge in [-0.2, -0.15) is 13.2 Å². The quantitative estimate of drug-likeness (QED) is 0.794. The molecule has 0 aliphatic heterocycles. The van der Waals surface area contributed by atoms with Gasteiger partial charge in [-0.1, -0.05) is 41.3 Å². The second kappa shape index (κ2) is 5.27. The Bertz CT molecular complexity index is 537. The normalized spacial score (nSPS) is 11.8. The number of nitrogens with zero attached hydrogens (tertiary/aromatic N) is 2. The van der Waals surface area contributed by atoms with Crippen molar-refractivity contribution in [1.29, 1.82) is 0 Å². The number of hydrogen-bond donors (Lipinski definition) is 0. The van der Waals surface area contributed by atoms with E-state index in [2.05, 4.69) is 10.2 Å². The molecule has 0 unspecified atom stereocenters.